The second-order valence-corrected chi connectivity index (χ2v) is 9.12. The van der Waals surface area contributed by atoms with Gasteiger partial charge in [-0.15, -0.1) is 0 Å². The molecular formula is C21H31FN2O6. The standard InChI is InChI=1S/C21H31FN2O6/c22-16-7-4-6-15(12-16)21(9-1-2-10-21)20(27)30-13-18(25)23-19(26)14-5-3-8-17(11-14)24(28)29/h14-17H,1-13H2,(H,23,25,26). The van der Waals surface area contributed by atoms with E-state index in [4.69, 9.17) is 4.74 Å². The molecule has 3 fully saturated rings. The fraction of sp³-hybridized carbons (Fsp3) is 0.857. The number of rotatable bonds is 6. The van der Waals surface area contributed by atoms with Crippen molar-refractivity contribution in [3.8, 4) is 0 Å². The highest BCUT2D eigenvalue weighted by atomic mass is 19.1. The summed E-state index contributed by atoms with van der Waals surface area (Å²) in [6, 6.07) is -0.764. The normalized spacial score (nSPS) is 31.0. The summed E-state index contributed by atoms with van der Waals surface area (Å²) in [5.41, 5.74) is -0.725. The van der Waals surface area contributed by atoms with E-state index in [0.29, 0.717) is 44.9 Å². The highest BCUT2D eigenvalue weighted by molar-refractivity contribution is 5.97. The highest BCUT2D eigenvalue weighted by Crippen LogP contribution is 2.50. The van der Waals surface area contributed by atoms with Crippen LogP contribution in [0.3, 0.4) is 0 Å². The molecule has 0 heterocycles. The molecule has 168 valence electrons. The van der Waals surface area contributed by atoms with Crippen LogP contribution in [0.15, 0.2) is 0 Å². The molecule has 3 aliphatic carbocycles. The van der Waals surface area contributed by atoms with Crippen molar-refractivity contribution in [3.63, 3.8) is 0 Å². The Morgan fingerprint density at radius 3 is 2.40 bits per heavy atom. The van der Waals surface area contributed by atoms with Crippen LogP contribution in [-0.2, 0) is 19.1 Å². The van der Waals surface area contributed by atoms with E-state index in [0.717, 1.165) is 25.7 Å². The third kappa shape index (κ3) is 5.16. The van der Waals surface area contributed by atoms with Crippen molar-refractivity contribution in [2.75, 3.05) is 6.61 Å². The van der Waals surface area contributed by atoms with Gasteiger partial charge in [0.1, 0.15) is 6.17 Å². The van der Waals surface area contributed by atoms with Gasteiger partial charge >= 0.3 is 5.97 Å². The van der Waals surface area contributed by atoms with Crippen molar-refractivity contribution >= 4 is 17.8 Å². The Bertz CT molecular complexity index is 678. The number of nitrogens with zero attached hydrogens (tertiary/aromatic N) is 1. The number of hydrogen-bond acceptors (Lipinski definition) is 6. The van der Waals surface area contributed by atoms with Crippen LogP contribution < -0.4 is 5.32 Å². The first-order valence-corrected chi connectivity index (χ1v) is 11.1. The van der Waals surface area contributed by atoms with Gasteiger partial charge < -0.3 is 4.74 Å². The molecule has 1 N–H and O–H groups in total. The largest absolute Gasteiger partial charge is 0.455 e. The van der Waals surface area contributed by atoms with E-state index >= 15 is 0 Å². The quantitative estimate of drug-likeness (QED) is 0.396. The van der Waals surface area contributed by atoms with Gasteiger partial charge in [-0.2, -0.15) is 0 Å². The van der Waals surface area contributed by atoms with Gasteiger partial charge in [0.2, 0.25) is 11.9 Å². The van der Waals surface area contributed by atoms with E-state index < -0.39 is 47.9 Å². The number of hydrogen-bond donors (Lipinski definition) is 1. The predicted molar refractivity (Wildman–Crippen MR) is 105 cm³/mol. The summed E-state index contributed by atoms with van der Waals surface area (Å²) in [4.78, 5) is 47.9. The summed E-state index contributed by atoms with van der Waals surface area (Å²) >= 11 is 0. The van der Waals surface area contributed by atoms with Crippen molar-refractivity contribution < 1.29 is 28.4 Å². The molecule has 3 saturated carbocycles. The van der Waals surface area contributed by atoms with E-state index in [1.165, 1.54) is 0 Å². The third-order valence-electron chi connectivity index (χ3n) is 7.21. The fourth-order valence-corrected chi connectivity index (χ4v) is 5.56. The molecule has 30 heavy (non-hydrogen) atoms. The number of halogens is 1. The number of alkyl halides is 1. The summed E-state index contributed by atoms with van der Waals surface area (Å²) in [5, 5.41) is 13.2. The average molecular weight is 426 g/mol. The smallest absolute Gasteiger partial charge is 0.312 e. The van der Waals surface area contributed by atoms with Crippen LogP contribution in [0.4, 0.5) is 4.39 Å². The summed E-state index contributed by atoms with van der Waals surface area (Å²) < 4.78 is 19.2. The number of nitrogens with one attached hydrogen (secondary N) is 1. The van der Waals surface area contributed by atoms with Gasteiger partial charge in [0.05, 0.1) is 5.41 Å². The second kappa shape index (κ2) is 9.83. The number of esters is 1. The lowest BCUT2D eigenvalue weighted by molar-refractivity contribution is -0.527. The molecule has 0 saturated heterocycles. The molecule has 0 radical (unpaired) electrons. The minimum Gasteiger partial charge on any atom is -0.455 e. The van der Waals surface area contributed by atoms with Crippen molar-refractivity contribution in [1.29, 1.82) is 0 Å². The first-order valence-electron chi connectivity index (χ1n) is 11.1. The van der Waals surface area contributed by atoms with Gasteiger partial charge in [0.15, 0.2) is 6.61 Å². The number of ether oxygens (including phenoxy) is 1. The van der Waals surface area contributed by atoms with Crippen molar-refractivity contribution in [2.45, 2.75) is 89.3 Å². The Labute approximate surface area is 175 Å². The van der Waals surface area contributed by atoms with Crippen LogP contribution in [0.5, 0.6) is 0 Å². The first kappa shape index (κ1) is 22.6. The highest BCUT2D eigenvalue weighted by Gasteiger charge is 2.50. The Hall–Kier alpha value is -2.06. The average Bonchev–Trinajstić information content (AvgIpc) is 3.23. The third-order valence-corrected chi connectivity index (χ3v) is 7.21. The Balaban J connectivity index is 1.51. The number of amides is 2. The van der Waals surface area contributed by atoms with E-state index in [1.807, 2.05) is 0 Å². The van der Waals surface area contributed by atoms with Gasteiger partial charge in [0, 0.05) is 23.7 Å². The van der Waals surface area contributed by atoms with E-state index in [9.17, 15) is 28.9 Å². The number of carbonyl (C=O) groups is 3. The topological polar surface area (TPSA) is 116 Å². The summed E-state index contributed by atoms with van der Waals surface area (Å²) in [7, 11) is 0. The molecule has 2 amide bonds. The molecular weight excluding hydrogens is 395 g/mol. The molecule has 0 aromatic carbocycles. The molecule has 0 aromatic rings. The first-order chi connectivity index (χ1) is 14.3. The van der Waals surface area contributed by atoms with Crippen LogP contribution in [0, 0.1) is 27.4 Å². The van der Waals surface area contributed by atoms with Gasteiger partial charge in [-0.3, -0.25) is 29.8 Å². The van der Waals surface area contributed by atoms with Gasteiger partial charge in [0.25, 0.3) is 5.91 Å². The van der Waals surface area contributed by atoms with E-state index in [-0.39, 0.29) is 17.3 Å². The van der Waals surface area contributed by atoms with Crippen molar-refractivity contribution in [2.24, 2.45) is 17.3 Å². The van der Waals surface area contributed by atoms with E-state index in [1.54, 1.807) is 0 Å². The van der Waals surface area contributed by atoms with Crippen molar-refractivity contribution in [3.05, 3.63) is 10.1 Å². The lowest BCUT2D eigenvalue weighted by Gasteiger charge is -2.38. The number of nitro groups is 1. The fourth-order valence-electron chi connectivity index (χ4n) is 5.56. The van der Waals surface area contributed by atoms with Crippen LogP contribution in [0.1, 0.15) is 77.0 Å². The van der Waals surface area contributed by atoms with Crippen LogP contribution in [0.25, 0.3) is 0 Å². The Kier molecular flexibility index (Phi) is 7.41. The molecule has 4 atom stereocenters. The molecule has 8 nitrogen and oxygen atoms in total. The van der Waals surface area contributed by atoms with Gasteiger partial charge in [-0.05, 0) is 50.9 Å². The van der Waals surface area contributed by atoms with Crippen LogP contribution in [0.2, 0.25) is 0 Å². The summed E-state index contributed by atoms with van der Waals surface area (Å²) in [6.07, 6.45) is 6.21. The van der Waals surface area contributed by atoms with Crippen LogP contribution >= 0.6 is 0 Å². The summed E-state index contributed by atoms with van der Waals surface area (Å²) in [5.74, 6) is -2.39. The Morgan fingerprint density at radius 1 is 1.03 bits per heavy atom. The summed E-state index contributed by atoms with van der Waals surface area (Å²) in [6.45, 7) is -0.566. The zero-order valence-electron chi connectivity index (χ0n) is 17.3. The molecule has 9 heteroatoms. The molecule has 0 aromatic heterocycles. The zero-order chi connectivity index (χ0) is 21.7. The second-order valence-electron chi connectivity index (χ2n) is 9.12. The zero-order valence-corrected chi connectivity index (χ0v) is 17.3. The molecule has 0 aliphatic heterocycles. The van der Waals surface area contributed by atoms with Gasteiger partial charge in [-0.1, -0.05) is 19.3 Å². The lowest BCUT2D eigenvalue weighted by atomic mass is 9.67. The molecule has 3 aliphatic rings. The molecule has 0 spiro atoms. The lowest BCUT2D eigenvalue weighted by Crippen LogP contribution is -2.44. The molecule has 0 bridgehead atoms. The SMILES string of the molecule is O=C(COC(=O)C1(C2CCCC(F)C2)CCCC1)NC(=O)C1CCCC([N+](=O)[O-])C1. The minimum atomic E-state index is -0.895. The number of imide groups is 1. The molecule has 3 rings (SSSR count). The molecule has 4 unspecified atom stereocenters. The monoisotopic (exact) mass is 426 g/mol. The van der Waals surface area contributed by atoms with E-state index in [2.05, 4.69) is 5.32 Å². The minimum absolute atomic E-state index is 0.0674. The predicted octanol–water partition coefficient (Wildman–Crippen LogP) is 3.10. The maximum Gasteiger partial charge on any atom is 0.312 e. The van der Waals surface area contributed by atoms with Crippen LogP contribution in [-0.4, -0.2) is 41.5 Å². The van der Waals surface area contributed by atoms with Gasteiger partial charge in [-0.25, -0.2) is 4.39 Å². The maximum atomic E-state index is 13.9. The Morgan fingerprint density at radius 2 is 1.73 bits per heavy atom. The number of carbonyl (C=O) groups excluding carboxylic acids is 3. The van der Waals surface area contributed by atoms with Crippen molar-refractivity contribution in [1.82, 2.24) is 5.32 Å². The maximum absolute atomic E-state index is 13.9.